The average Bonchev–Trinajstić information content (AvgIpc) is 1.49. The number of piperidine rings is 1. The number of carbonyl (C=O) groups is 4. The molecule has 0 bridgehead atoms. The van der Waals surface area contributed by atoms with Crippen molar-refractivity contribution in [2.45, 2.75) is 115 Å². The molecule has 4 aliphatic rings. The van der Waals surface area contributed by atoms with Gasteiger partial charge in [0.1, 0.15) is 5.69 Å². The summed E-state index contributed by atoms with van der Waals surface area (Å²) in [7, 11) is -40.0. The van der Waals surface area contributed by atoms with Crippen LogP contribution in [0.4, 0.5) is 5.69 Å². The van der Waals surface area contributed by atoms with Gasteiger partial charge in [0.15, 0.2) is 0 Å². The summed E-state index contributed by atoms with van der Waals surface area (Å²) in [6, 6.07) is 5.51. The van der Waals surface area contributed by atoms with Gasteiger partial charge in [-0.05, 0) is 125 Å². The lowest BCUT2D eigenvalue weighted by atomic mass is 9.83. The number of aryl methyl sites for hydroxylation is 2. The number of unbranched alkanes of at least 4 members (excludes halogenated alkanes) is 3. The standard InChI is InChI=1S/C58H96N5O40P9/c1-44-42-61(2)56-51(64)40-52-58(55(44)56)41-45(58)43-63(52)57(67)49-39-47-46-19-21-62(50(46)16-15-48(47)60-49)54(66)18-17-53(65)59-20-5-3-4-6-22-88-105(71,72)90-25-8-26-92-107(75,76)94-29-10-30-96-109(79,80)98-33-12-34-100-111(83,84)102-37-14-38-103-112(85,86)101-36-13-35-99-110(81,82)97-32-11-31-95-108(77,78)93-28-9-27-91-106(73,74)89-24-7-23-87-104(68,69)70/h15-16,39-40,42,45,60H,3-14,17-38,41,43H2,1-2H3,(H,59,65)(H,71,72)(H,73,74)(H,75,76)(H,77,78)(H,79,80)(H,81,82)(H,83,84)(H,85,86)(H2,68,69,70)/t45-,58+/m1/s1. The number of allylic oxidation sites excluding steroid dienone is 2. The molecule has 2 fully saturated rings. The van der Waals surface area contributed by atoms with Crippen LogP contribution < -0.4 is 10.2 Å². The Hall–Kier alpha value is -3.15. The van der Waals surface area contributed by atoms with Crippen LogP contribution in [-0.2, 0) is 146 Å². The lowest BCUT2D eigenvalue weighted by molar-refractivity contribution is -0.125. The van der Waals surface area contributed by atoms with Crippen molar-refractivity contribution in [3.05, 3.63) is 64.2 Å². The topological polar surface area (TPSA) is 620 Å². The number of hydrogen-bond acceptors (Lipinski definition) is 30. The Balaban J connectivity index is 0.610. The SMILES string of the molecule is Cc1cn(C)c2c1[C@@]13C[C@@H]1CN(C(=O)c1cc4c5c(ccc4[nH]1)N(C(=O)CCC(=O)NCCCCCCOP(=O)(O)OCCCOP(=O)(O)OCCCOP(=O)(O)OCCCOP(=O)(O)OCCCOP(=O)(O)OCCCOP(=O)(O)OCCCOP(=O)(O)OCCCOP(=O)(O)OCCCOP(=O)(O)O)CC5)C3=CC2=O. The van der Waals surface area contributed by atoms with Crippen molar-refractivity contribution < 1.29 is 186 Å². The first-order valence-electron chi connectivity index (χ1n) is 35.2. The van der Waals surface area contributed by atoms with Crippen LogP contribution in [0.3, 0.4) is 0 Å². The van der Waals surface area contributed by atoms with Gasteiger partial charge in [-0.3, -0.25) is 96.1 Å². The molecule has 2 aliphatic heterocycles. The molecule has 54 heteroatoms. The number of aromatic amines is 1. The number of H-pyrrole nitrogens is 1. The Kier molecular flexibility index (Phi) is 37.5. The van der Waals surface area contributed by atoms with Crippen LogP contribution in [0.2, 0.25) is 0 Å². The summed E-state index contributed by atoms with van der Waals surface area (Å²) in [5.74, 6) is -0.570. The third-order valence-electron chi connectivity index (χ3n) is 16.7. The highest BCUT2D eigenvalue weighted by Gasteiger charge is 2.68. The molecule has 112 heavy (non-hydrogen) atoms. The van der Waals surface area contributed by atoms with Crippen LogP contribution in [0, 0.1) is 12.8 Å². The molecule has 3 amide bonds. The number of likely N-dealkylation sites (tertiary alicyclic amines) is 1. The van der Waals surface area contributed by atoms with E-state index >= 15 is 0 Å². The minimum Gasteiger partial charge on any atom is -0.356 e. The van der Waals surface area contributed by atoms with Gasteiger partial charge in [-0.1, -0.05) is 12.8 Å². The van der Waals surface area contributed by atoms with Crippen molar-refractivity contribution in [3.8, 4) is 0 Å². The fourth-order valence-corrected chi connectivity index (χ4v) is 18.5. The molecule has 638 valence electrons. The predicted octanol–water partition coefficient (Wildman–Crippen LogP) is 7.95. The second-order valence-corrected chi connectivity index (χ2v) is 38.2. The molecule has 12 N–H and O–H groups in total. The Morgan fingerprint density at radius 2 is 0.857 bits per heavy atom. The van der Waals surface area contributed by atoms with E-state index in [1.807, 2.05) is 42.9 Å². The fraction of sp³-hybridized carbons (Fsp3) is 0.690. The maximum atomic E-state index is 14.1. The number of anilines is 1. The quantitative estimate of drug-likeness (QED) is 0.0188. The number of benzene rings is 1. The van der Waals surface area contributed by atoms with Gasteiger partial charge >= 0.3 is 70.4 Å². The summed E-state index contributed by atoms with van der Waals surface area (Å²) in [4.78, 5) is 156. The van der Waals surface area contributed by atoms with Gasteiger partial charge in [-0.15, -0.1) is 0 Å². The predicted molar refractivity (Wildman–Crippen MR) is 387 cm³/mol. The number of amides is 3. The van der Waals surface area contributed by atoms with E-state index in [9.17, 15) is 99.4 Å². The summed E-state index contributed by atoms with van der Waals surface area (Å²) in [5, 5.41) is 3.65. The first-order valence-corrected chi connectivity index (χ1v) is 48.6. The number of ketones is 1. The summed E-state index contributed by atoms with van der Waals surface area (Å²) in [6.45, 7) is -4.78. The Morgan fingerprint density at radius 1 is 0.491 bits per heavy atom. The number of rotatable bonds is 60. The van der Waals surface area contributed by atoms with E-state index in [0.717, 1.165) is 45.4 Å². The largest absolute Gasteiger partial charge is 0.472 e. The van der Waals surface area contributed by atoms with Gasteiger partial charge in [0.2, 0.25) is 17.6 Å². The van der Waals surface area contributed by atoms with E-state index in [0.29, 0.717) is 63.1 Å². The van der Waals surface area contributed by atoms with Crippen LogP contribution in [0.25, 0.3) is 10.9 Å². The first-order chi connectivity index (χ1) is 52.5. The van der Waals surface area contributed by atoms with Gasteiger partial charge in [-0.2, -0.15) is 0 Å². The minimum atomic E-state index is -4.72. The lowest BCUT2D eigenvalue weighted by Crippen LogP contribution is -2.34. The highest BCUT2D eigenvalue weighted by atomic mass is 31.2. The molecule has 7 rings (SSSR count). The van der Waals surface area contributed by atoms with E-state index in [2.05, 4.69) is 32.9 Å². The molecular weight excluding hydrogens is 1690 g/mol. The fourth-order valence-electron chi connectivity index (χ4n) is 11.8. The number of hydrogen-bond donors (Lipinski definition) is 12. The molecule has 4 heterocycles. The molecule has 3 aromatic rings. The smallest absolute Gasteiger partial charge is 0.356 e. The van der Waals surface area contributed by atoms with Crippen LogP contribution in [0.5, 0.6) is 0 Å². The Labute approximate surface area is 642 Å². The van der Waals surface area contributed by atoms with Crippen LogP contribution in [-0.4, -0.2) is 219 Å². The molecule has 0 radical (unpaired) electrons. The molecule has 1 saturated heterocycles. The number of aromatic nitrogens is 2. The van der Waals surface area contributed by atoms with E-state index in [1.165, 1.54) is 0 Å². The zero-order valence-corrected chi connectivity index (χ0v) is 69.1. The molecule has 10 atom stereocenters. The Bertz CT molecular complexity index is 4170. The summed E-state index contributed by atoms with van der Waals surface area (Å²) >= 11 is 0. The third-order valence-corrected chi connectivity index (χ3v) is 25.4. The van der Waals surface area contributed by atoms with Gasteiger partial charge in [0.05, 0.1) is 118 Å². The summed E-state index contributed by atoms with van der Waals surface area (Å²) < 4.78 is 189. The number of fused-ring (bicyclic) bond motifs is 4. The zero-order chi connectivity index (χ0) is 82.2. The lowest BCUT2D eigenvalue weighted by Gasteiger charge is -2.28. The maximum absolute atomic E-state index is 14.1. The first kappa shape index (κ1) is 96.0. The maximum Gasteiger partial charge on any atom is 0.472 e. The Morgan fingerprint density at radius 3 is 1.24 bits per heavy atom. The highest BCUT2D eigenvalue weighted by molar-refractivity contribution is 7.49. The summed E-state index contributed by atoms with van der Waals surface area (Å²) in [5.41, 5.74) is 6.03. The normalized spacial score (nSPS) is 20.4. The van der Waals surface area contributed by atoms with Crippen LogP contribution >= 0.6 is 70.4 Å². The van der Waals surface area contributed by atoms with Crippen molar-refractivity contribution in [2.75, 3.05) is 137 Å². The van der Waals surface area contributed by atoms with E-state index < -0.39 is 176 Å². The van der Waals surface area contributed by atoms with Gasteiger partial charge in [0, 0.05) is 79.5 Å². The van der Waals surface area contributed by atoms with Gasteiger partial charge in [0.25, 0.3) is 5.91 Å². The van der Waals surface area contributed by atoms with Gasteiger partial charge in [-0.25, -0.2) is 41.1 Å². The average molecular weight is 1780 g/mol. The molecular formula is C58H96N5O40P9. The van der Waals surface area contributed by atoms with Crippen LogP contribution in [0.15, 0.2) is 36.2 Å². The number of phosphoric acid groups is 9. The minimum absolute atomic E-state index is 0.0130. The summed E-state index contributed by atoms with van der Waals surface area (Å²) in [6.07, 6.45) is 5.62. The molecule has 2 aromatic heterocycles. The van der Waals surface area contributed by atoms with Crippen molar-refractivity contribution in [3.63, 3.8) is 0 Å². The zero-order valence-electron chi connectivity index (χ0n) is 61.0. The number of nitrogens with zero attached hydrogens (tertiary/aromatic N) is 3. The monoisotopic (exact) mass is 1780 g/mol. The van der Waals surface area contributed by atoms with Crippen molar-refractivity contribution >= 4 is 110 Å². The molecule has 1 saturated carbocycles. The molecule has 8 unspecified atom stereocenters. The van der Waals surface area contributed by atoms with Crippen molar-refractivity contribution in [1.82, 2.24) is 19.8 Å². The van der Waals surface area contributed by atoms with E-state index in [4.69, 9.17) is 64.1 Å². The van der Waals surface area contributed by atoms with E-state index in [-0.39, 0.29) is 106 Å². The van der Waals surface area contributed by atoms with E-state index in [1.54, 1.807) is 15.9 Å². The molecule has 45 nitrogen and oxygen atoms in total. The van der Waals surface area contributed by atoms with Gasteiger partial charge < -0.3 is 73.6 Å². The second-order valence-electron chi connectivity index (χ2n) is 25.3. The third kappa shape index (κ3) is 32.2. The number of phosphoric ester groups is 9. The number of carbonyl (C=O) groups excluding carboxylic acids is 4. The molecule has 1 spiro atoms. The second kappa shape index (κ2) is 43.7. The van der Waals surface area contributed by atoms with Crippen molar-refractivity contribution in [1.29, 1.82) is 0 Å². The van der Waals surface area contributed by atoms with Crippen molar-refractivity contribution in [2.24, 2.45) is 13.0 Å². The molecule has 2 aliphatic carbocycles. The highest BCUT2D eigenvalue weighted by Crippen LogP contribution is 2.68. The van der Waals surface area contributed by atoms with Crippen LogP contribution in [0.1, 0.15) is 134 Å². The molecule has 1 aromatic carbocycles. The number of nitrogens with one attached hydrogen (secondary N) is 2.